The van der Waals surface area contributed by atoms with Crippen molar-refractivity contribution in [3.05, 3.63) is 64.2 Å². The zero-order valence-electron chi connectivity index (χ0n) is 18.8. The van der Waals surface area contributed by atoms with Gasteiger partial charge in [0.25, 0.3) is 11.8 Å². The number of alkyl halides is 7. The first-order valence-electron chi connectivity index (χ1n) is 10.4. The number of halogens is 7. The van der Waals surface area contributed by atoms with E-state index in [1.54, 1.807) is 13.0 Å². The maximum Gasteiger partial charge on any atom is 0.435 e. The molecule has 0 aromatic heterocycles. The Morgan fingerprint density at radius 3 is 2.03 bits per heavy atom. The summed E-state index contributed by atoms with van der Waals surface area (Å²) in [5.74, 6) is 4.70. The molecule has 1 fully saturated rings. The van der Waals surface area contributed by atoms with Crippen LogP contribution in [-0.2, 0) is 5.67 Å². The van der Waals surface area contributed by atoms with E-state index in [1.807, 2.05) is 6.92 Å². The second-order valence-corrected chi connectivity index (χ2v) is 8.62. The highest BCUT2D eigenvalue weighted by Crippen LogP contribution is 2.53. The van der Waals surface area contributed by atoms with Gasteiger partial charge in [-0.2, -0.15) is 26.3 Å². The zero-order chi connectivity index (χ0) is 26.5. The van der Waals surface area contributed by atoms with Crippen LogP contribution in [0.1, 0.15) is 50.8 Å². The van der Waals surface area contributed by atoms with Gasteiger partial charge < -0.3 is 5.32 Å². The Bertz CT molecular complexity index is 1150. The Morgan fingerprint density at radius 1 is 0.971 bits per heavy atom. The molecule has 190 valence electrons. The number of amides is 2. The van der Waals surface area contributed by atoms with Gasteiger partial charge in [0.05, 0.1) is 16.8 Å². The molecule has 0 spiro atoms. The van der Waals surface area contributed by atoms with Gasteiger partial charge in [-0.15, -0.1) is 0 Å². The number of rotatable bonds is 5. The lowest BCUT2D eigenvalue weighted by Crippen LogP contribution is -2.50. The van der Waals surface area contributed by atoms with E-state index in [9.17, 15) is 40.3 Å². The summed E-state index contributed by atoms with van der Waals surface area (Å²) in [5.41, 5.74) is -7.53. The van der Waals surface area contributed by atoms with E-state index in [2.05, 4.69) is 5.32 Å². The lowest BCUT2D eigenvalue weighted by Gasteiger charge is -2.31. The summed E-state index contributed by atoms with van der Waals surface area (Å²) in [6, 6.07) is 5.67. The minimum Gasteiger partial charge on any atom is -0.349 e. The van der Waals surface area contributed by atoms with Crippen molar-refractivity contribution in [3.63, 3.8) is 0 Å². The van der Waals surface area contributed by atoms with Gasteiger partial charge in [-0.25, -0.2) is 15.2 Å². The average Bonchev–Trinajstić information content (AvgIpc) is 3.44. The van der Waals surface area contributed by atoms with Gasteiger partial charge in [-0.1, -0.05) is 31.2 Å². The van der Waals surface area contributed by atoms with Gasteiger partial charge in [0.1, 0.15) is 0 Å². The van der Waals surface area contributed by atoms with Crippen molar-refractivity contribution in [1.82, 2.24) is 5.32 Å². The number of aryl methyl sites for hydroxylation is 2. The standard InChI is InChI=1S/C23H22F7N3O2/c1-11-5-4-6-15(18(11)19(34)32-16-10-12(16)2)20(35)33(31)17-8-7-14(9-13(17)3)21(24,22(25,26)27)23(28,29)30/h4-9,12,16H,10,31H2,1-3H3,(H,32,34). The number of hydrogen-bond acceptors (Lipinski definition) is 3. The van der Waals surface area contributed by atoms with Crippen LogP contribution < -0.4 is 16.2 Å². The maximum absolute atomic E-state index is 14.4. The van der Waals surface area contributed by atoms with Crippen LogP contribution in [0.4, 0.5) is 36.4 Å². The van der Waals surface area contributed by atoms with E-state index in [4.69, 9.17) is 5.84 Å². The molecule has 12 heteroatoms. The van der Waals surface area contributed by atoms with Crippen molar-refractivity contribution >= 4 is 17.5 Å². The number of hydrogen-bond donors (Lipinski definition) is 2. The zero-order valence-corrected chi connectivity index (χ0v) is 18.8. The second kappa shape index (κ2) is 8.81. The van der Waals surface area contributed by atoms with Gasteiger partial charge in [0, 0.05) is 11.6 Å². The average molecular weight is 505 g/mol. The van der Waals surface area contributed by atoms with Crippen LogP contribution in [0.2, 0.25) is 0 Å². The molecular formula is C23H22F7N3O2. The Morgan fingerprint density at radius 2 is 1.54 bits per heavy atom. The molecule has 35 heavy (non-hydrogen) atoms. The van der Waals surface area contributed by atoms with Crippen LogP contribution >= 0.6 is 0 Å². The molecule has 2 aromatic rings. The highest BCUT2D eigenvalue weighted by molar-refractivity contribution is 6.13. The van der Waals surface area contributed by atoms with E-state index in [1.165, 1.54) is 12.1 Å². The van der Waals surface area contributed by atoms with Crippen molar-refractivity contribution in [1.29, 1.82) is 0 Å². The lowest BCUT2D eigenvalue weighted by molar-refractivity contribution is -0.348. The summed E-state index contributed by atoms with van der Waals surface area (Å²) in [7, 11) is 0. The summed E-state index contributed by atoms with van der Waals surface area (Å²) < 4.78 is 92.9. The fourth-order valence-corrected chi connectivity index (χ4v) is 3.78. The molecule has 0 radical (unpaired) electrons. The summed E-state index contributed by atoms with van der Waals surface area (Å²) in [4.78, 5) is 25.9. The van der Waals surface area contributed by atoms with E-state index >= 15 is 0 Å². The summed E-state index contributed by atoms with van der Waals surface area (Å²) >= 11 is 0. The molecule has 0 heterocycles. The first kappa shape index (κ1) is 26.5. The maximum atomic E-state index is 14.4. The molecule has 5 nitrogen and oxygen atoms in total. The molecule has 1 saturated carbocycles. The SMILES string of the molecule is Cc1cc(C(F)(C(F)(F)F)C(F)(F)F)ccc1N(N)C(=O)c1cccc(C)c1C(=O)NC1CC1C. The highest BCUT2D eigenvalue weighted by Gasteiger charge is 2.73. The molecule has 1 aliphatic rings. The number of nitrogens with two attached hydrogens (primary N) is 1. The van der Waals surface area contributed by atoms with Crippen LogP contribution in [0.3, 0.4) is 0 Å². The molecule has 2 unspecified atom stereocenters. The number of nitrogens with one attached hydrogen (secondary N) is 1. The Kier molecular flexibility index (Phi) is 6.66. The van der Waals surface area contributed by atoms with E-state index in [0.717, 1.165) is 13.3 Å². The molecule has 0 saturated heterocycles. The van der Waals surface area contributed by atoms with Crippen molar-refractivity contribution in [2.24, 2.45) is 11.8 Å². The van der Waals surface area contributed by atoms with Crippen LogP contribution in [0.25, 0.3) is 0 Å². The molecule has 0 bridgehead atoms. The van der Waals surface area contributed by atoms with Crippen molar-refractivity contribution in [2.45, 2.75) is 51.3 Å². The summed E-state index contributed by atoms with van der Waals surface area (Å²) in [6.07, 6.45) is -11.8. The quantitative estimate of drug-likeness (QED) is 0.252. The number of benzene rings is 2. The van der Waals surface area contributed by atoms with Crippen molar-refractivity contribution in [2.75, 3.05) is 5.01 Å². The molecule has 3 N–H and O–H groups in total. The fraction of sp³-hybridized carbons (Fsp3) is 0.391. The third-order valence-corrected chi connectivity index (χ3v) is 6.01. The normalized spacial score (nSPS) is 18.3. The van der Waals surface area contributed by atoms with E-state index in [0.29, 0.717) is 22.7 Å². The lowest BCUT2D eigenvalue weighted by atomic mass is 9.92. The Balaban J connectivity index is 1.98. The highest BCUT2D eigenvalue weighted by atomic mass is 19.4. The predicted molar refractivity (Wildman–Crippen MR) is 113 cm³/mol. The van der Waals surface area contributed by atoms with E-state index < -0.39 is 35.4 Å². The van der Waals surface area contributed by atoms with Crippen LogP contribution in [-0.4, -0.2) is 30.2 Å². The molecule has 2 atom stereocenters. The van der Waals surface area contributed by atoms with Gasteiger partial charge in [0.15, 0.2) is 0 Å². The smallest absolute Gasteiger partial charge is 0.349 e. The third-order valence-electron chi connectivity index (χ3n) is 6.01. The minimum absolute atomic E-state index is 0.0400. The number of hydrazine groups is 1. The van der Waals surface area contributed by atoms with Gasteiger partial charge in [-0.05, 0) is 49.4 Å². The molecule has 0 aliphatic heterocycles. The molecule has 1 aliphatic carbocycles. The van der Waals surface area contributed by atoms with Crippen LogP contribution in [0.5, 0.6) is 0 Å². The Hall–Kier alpha value is -3.15. The van der Waals surface area contributed by atoms with E-state index in [-0.39, 0.29) is 40.4 Å². The topological polar surface area (TPSA) is 75.4 Å². The largest absolute Gasteiger partial charge is 0.435 e. The molecular weight excluding hydrogens is 483 g/mol. The van der Waals surface area contributed by atoms with Crippen molar-refractivity contribution in [3.8, 4) is 0 Å². The van der Waals surface area contributed by atoms with Crippen LogP contribution in [0, 0.1) is 19.8 Å². The van der Waals surface area contributed by atoms with Crippen LogP contribution in [0.15, 0.2) is 36.4 Å². The van der Waals surface area contributed by atoms with Gasteiger partial charge >= 0.3 is 18.0 Å². The Labute approximate surface area is 196 Å². The third kappa shape index (κ3) is 4.71. The molecule has 3 rings (SSSR count). The van der Waals surface area contributed by atoms with Crippen molar-refractivity contribution < 1.29 is 40.3 Å². The summed E-state index contributed by atoms with van der Waals surface area (Å²) in [5, 5.41) is 3.28. The number of carbonyl (C=O) groups excluding carboxylic acids is 2. The second-order valence-electron chi connectivity index (χ2n) is 8.62. The fourth-order valence-electron chi connectivity index (χ4n) is 3.78. The first-order valence-corrected chi connectivity index (χ1v) is 10.4. The monoisotopic (exact) mass is 505 g/mol. The summed E-state index contributed by atoms with van der Waals surface area (Å²) in [6.45, 7) is 4.61. The van der Waals surface area contributed by atoms with Gasteiger partial charge in [-0.3, -0.25) is 9.59 Å². The molecule has 2 amide bonds. The van der Waals surface area contributed by atoms with Gasteiger partial charge in [0.2, 0.25) is 0 Å². The number of carbonyl (C=O) groups is 2. The number of anilines is 1. The molecule has 2 aromatic carbocycles. The number of nitrogens with zero attached hydrogens (tertiary/aromatic N) is 1. The minimum atomic E-state index is -6.28. The predicted octanol–water partition coefficient (Wildman–Crippen LogP) is 5.25. The first-order chi connectivity index (χ1) is 16.0.